The third-order valence-corrected chi connectivity index (χ3v) is 3.65. The van der Waals surface area contributed by atoms with Crippen molar-refractivity contribution in [3.05, 3.63) is 65.0 Å². The number of aromatic nitrogens is 1. The first-order valence-corrected chi connectivity index (χ1v) is 8.38. The standard InChI is InChI=1S/C15H12F3NO3.C4H7NO/c1-2-4-10(5-3-8-21-15(16,17)18)11-6-7-13-12(9-11)14(20)19-22-13;6-4-2-1-3-5-4/h2-7,9H,1,8H2,(H,19,20);1-3H2,(H,5,6)/b5-3-,10-4+;. The van der Waals surface area contributed by atoms with E-state index in [4.69, 9.17) is 4.52 Å². The number of alkyl halides is 3. The van der Waals surface area contributed by atoms with Crippen molar-refractivity contribution in [3.8, 4) is 0 Å². The van der Waals surface area contributed by atoms with Gasteiger partial charge in [0.15, 0.2) is 5.58 Å². The number of ether oxygens (including phenoxy) is 1. The third kappa shape index (κ3) is 6.58. The van der Waals surface area contributed by atoms with E-state index in [-0.39, 0.29) is 11.5 Å². The Morgan fingerprint density at radius 2 is 2.11 bits per heavy atom. The maximum Gasteiger partial charge on any atom is 0.522 e. The van der Waals surface area contributed by atoms with Crippen LogP contribution in [0.5, 0.6) is 0 Å². The molecule has 2 N–H and O–H groups in total. The van der Waals surface area contributed by atoms with Gasteiger partial charge in [-0.25, -0.2) is 0 Å². The van der Waals surface area contributed by atoms with Crippen molar-refractivity contribution < 1.29 is 27.2 Å². The number of hydrogen-bond acceptors (Lipinski definition) is 4. The van der Waals surface area contributed by atoms with E-state index >= 15 is 0 Å². The van der Waals surface area contributed by atoms with Gasteiger partial charge < -0.3 is 9.84 Å². The fraction of sp³-hybridized carbons (Fsp3) is 0.263. The number of halogens is 3. The molecule has 28 heavy (non-hydrogen) atoms. The largest absolute Gasteiger partial charge is 0.522 e. The fourth-order valence-electron chi connectivity index (χ4n) is 2.39. The Kier molecular flexibility index (Phi) is 7.39. The molecular weight excluding hydrogens is 377 g/mol. The van der Waals surface area contributed by atoms with Crippen molar-refractivity contribution in [2.75, 3.05) is 13.2 Å². The van der Waals surface area contributed by atoms with E-state index in [9.17, 15) is 22.8 Å². The molecule has 2 heterocycles. The highest BCUT2D eigenvalue weighted by Gasteiger charge is 2.28. The molecule has 0 unspecified atom stereocenters. The zero-order valence-corrected chi connectivity index (χ0v) is 14.8. The average Bonchev–Trinajstić information content (AvgIpc) is 3.26. The number of carbonyl (C=O) groups is 1. The van der Waals surface area contributed by atoms with E-state index in [0.29, 0.717) is 22.1 Å². The number of amides is 1. The molecular formula is C19H19F3N2O4. The van der Waals surface area contributed by atoms with Crippen LogP contribution in [0.25, 0.3) is 16.5 Å². The van der Waals surface area contributed by atoms with Gasteiger partial charge in [-0.1, -0.05) is 36.9 Å². The first-order valence-electron chi connectivity index (χ1n) is 8.38. The fourth-order valence-corrected chi connectivity index (χ4v) is 2.39. The monoisotopic (exact) mass is 396 g/mol. The minimum absolute atomic E-state index is 0.204. The molecule has 1 aliphatic rings. The second-order valence-corrected chi connectivity index (χ2v) is 5.71. The molecule has 0 saturated carbocycles. The maximum atomic E-state index is 11.9. The van der Waals surface area contributed by atoms with Crippen LogP contribution in [-0.4, -0.2) is 30.6 Å². The molecule has 1 aromatic carbocycles. The average molecular weight is 396 g/mol. The summed E-state index contributed by atoms with van der Waals surface area (Å²) in [6.45, 7) is 3.84. The van der Waals surface area contributed by atoms with Crippen LogP contribution in [0.15, 0.2) is 58.4 Å². The second kappa shape index (κ2) is 9.75. The van der Waals surface area contributed by atoms with Gasteiger partial charge in [0.2, 0.25) is 5.91 Å². The lowest BCUT2D eigenvalue weighted by Crippen LogP contribution is -2.12. The summed E-state index contributed by atoms with van der Waals surface area (Å²) in [4.78, 5) is 21.7. The summed E-state index contributed by atoms with van der Waals surface area (Å²) in [7, 11) is 0. The quantitative estimate of drug-likeness (QED) is 0.756. The van der Waals surface area contributed by atoms with Crippen LogP contribution in [0.4, 0.5) is 13.2 Å². The Morgan fingerprint density at radius 3 is 2.68 bits per heavy atom. The lowest BCUT2D eigenvalue weighted by molar-refractivity contribution is -0.319. The number of rotatable bonds is 5. The van der Waals surface area contributed by atoms with Gasteiger partial charge in [0.25, 0.3) is 5.56 Å². The Bertz CT molecular complexity index is 931. The van der Waals surface area contributed by atoms with Gasteiger partial charge in [-0.2, -0.15) is 5.16 Å². The molecule has 0 spiro atoms. The van der Waals surface area contributed by atoms with Crippen LogP contribution in [-0.2, 0) is 9.53 Å². The molecule has 1 saturated heterocycles. The summed E-state index contributed by atoms with van der Waals surface area (Å²) in [5.41, 5.74) is 1.25. The highest BCUT2D eigenvalue weighted by Crippen LogP contribution is 2.21. The summed E-state index contributed by atoms with van der Waals surface area (Å²) in [6.07, 6.45) is 2.89. The van der Waals surface area contributed by atoms with E-state index < -0.39 is 13.0 Å². The topological polar surface area (TPSA) is 84.3 Å². The van der Waals surface area contributed by atoms with Gasteiger partial charge in [0.05, 0.1) is 12.0 Å². The SMILES string of the molecule is C=C/C=C(\C=C/COC(F)(F)F)c1ccc2o[nH]c(=O)c2c1.O=C1CCCN1. The lowest BCUT2D eigenvalue weighted by Gasteiger charge is -2.05. The van der Waals surface area contributed by atoms with Gasteiger partial charge in [0, 0.05) is 13.0 Å². The smallest absolute Gasteiger partial charge is 0.378 e. The number of allylic oxidation sites excluding steroid dienone is 4. The van der Waals surface area contributed by atoms with E-state index in [1.807, 2.05) is 0 Å². The number of aromatic amines is 1. The summed E-state index contributed by atoms with van der Waals surface area (Å²) in [5, 5.41) is 5.25. The Hall–Kier alpha value is -3.07. The zero-order chi connectivity index (χ0) is 20.6. The summed E-state index contributed by atoms with van der Waals surface area (Å²) in [5.74, 6) is 0.204. The first kappa shape index (κ1) is 21.2. The minimum Gasteiger partial charge on any atom is -0.378 e. The van der Waals surface area contributed by atoms with Crippen molar-refractivity contribution in [2.45, 2.75) is 19.2 Å². The van der Waals surface area contributed by atoms with E-state index in [1.165, 1.54) is 18.2 Å². The van der Waals surface area contributed by atoms with Crippen LogP contribution in [0.3, 0.4) is 0 Å². The molecule has 1 fully saturated rings. The van der Waals surface area contributed by atoms with Gasteiger partial charge in [-0.15, -0.1) is 13.2 Å². The van der Waals surface area contributed by atoms with Crippen LogP contribution in [0, 0.1) is 0 Å². The summed E-state index contributed by atoms with van der Waals surface area (Å²) in [6, 6.07) is 4.87. The molecule has 150 valence electrons. The number of hydrogen-bond donors (Lipinski definition) is 2. The molecule has 6 nitrogen and oxygen atoms in total. The number of carbonyl (C=O) groups excluding carboxylic acids is 1. The van der Waals surface area contributed by atoms with Crippen LogP contribution >= 0.6 is 0 Å². The molecule has 1 amide bonds. The molecule has 3 rings (SSSR count). The van der Waals surface area contributed by atoms with Crippen molar-refractivity contribution in [1.82, 2.24) is 10.5 Å². The molecule has 0 radical (unpaired) electrons. The molecule has 0 atom stereocenters. The van der Waals surface area contributed by atoms with Crippen LogP contribution in [0.2, 0.25) is 0 Å². The number of benzene rings is 1. The molecule has 0 aliphatic carbocycles. The first-order chi connectivity index (χ1) is 13.3. The Balaban J connectivity index is 0.000000397. The van der Waals surface area contributed by atoms with Crippen molar-refractivity contribution >= 4 is 22.4 Å². The normalized spacial score (nSPS) is 14.8. The van der Waals surface area contributed by atoms with Crippen LogP contribution < -0.4 is 10.9 Å². The summed E-state index contributed by atoms with van der Waals surface area (Å²) >= 11 is 0. The number of fused-ring (bicyclic) bond motifs is 1. The van der Waals surface area contributed by atoms with Crippen LogP contribution in [0.1, 0.15) is 18.4 Å². The second-order valence-electron chi connectivity index (χ2n) is 5.71. The van der Waals surface area contributed by atoms with Crippen molar-refractivity contribution in [3.63, 3.8) is 0 Å². The van der Waals surface area contributed by atoms with Gasteiger partial charge >= 0.3 is 6.36 Å². The summed E-state index contributed by atoms with van der Waals surface area (Å²) < 4.78 is 44.3. The van der Waals surface area contributed by atoms with Gasteiger partial charge in [-0.3, -0.25) is 14.3 Å². The van der Waals surface area contributed by atoms with Gasteiger partial charge in [-0.05, 0) is 29.7 Å². The van der Waals surface area contributed by atoms with E-state index in [1.54, 1.807) is 24.3 Å². The van der Waals surface area contributed by atoms with Crippen molar-refractivity contribution in [1.29, 1.82) is 0 Å². The molecule has 1 aromatic heterocycles. The predicted octanol–water partition coefficient (Wildman–Crippen LogP) is 3.68. The number of nitrogens with one attached hydrogen (secondary N) is 2. The van der Waals surface area contributed by atoms with Crippen molar-refractivity contribution in [2.24, 2.45) is 0 Å². The third-order valence-electron chi connectivity index (χ3n) is 3.65. The molecule has 0 bridgehead atoms. The maximum absolute atomic E-state index is 11.9. The zero-order valence-electron chi connectivity index (χ0n) is 14.8. The number of H-pyrrole nitrogens is 1. The molecule has 1 aliphatic heterocycles. The lowest BCUT2D eigenvalue weighted by atomic mass is 10.0. The van der Waals surface area contributed by atoms with E-state index in [0.717, 1.165) is 19.4 Å². The highest BCUT2D eigenvalue weighted by molar-refractivity contribution is 5.84. The molecule has 2 aromatic rings. The van der Waals surface area contributed by atoms with E-state index in [2.05, 4.69) is 21.8 Å². The Labute approximate surface area is 158 Å². The minimum atomic E-state index is -4.67. The Morgan fingerprint density at radius 1 is 1.32 bits per heavy atom. The predicted molar refractivity (Wildman–Crippen MR) is 98.4 cm³/mol. The highest BCUT2D eigenvalue weighted by atomic mass is 19.4. The molecule has 9 heteroatoms. The van der Waals surface area contributed by atoms with Gasteiger partial charge in [0.1, 0.15) is 0 Å².